The minimum Gasteiger partial charge on any atom is -0.473 e. The average Bonchev–Trinajstić information content (AvgIpc) is 2.97. The Kier molecular flexibility index (Phi) is 6.98. The molecule has 0 saturated carbocycles. The van der Waals surface area contributed by atoms with Crippen molar-refractivity contribution < 1.29 is 13.2 Å². The largest absolute Gasteiger partial charge is 0.473 e. The van der Waals surface area contributed by atoms with Gasteiger partial charge in [-0.3, -0.25) is 4.90 Å². The lowest BCUT2D eigenvalue weighted by Gasteiger charge is -2.34. The second-order valence-corrected chi connectivity index (χ2v) is 12.6. The number of hydrogen-bond acceptors (Lipinski definition) is 6. The van der Waals surface area contributed by atoms with Crippen molar-refractivity contribution in [1.29, 1.82) is 0 Å². The van der Waals surface area contributed by atoms with E-state index in [1.807, 2.05) is 50.2 Å². The highest BCUT2D eigenvalue weighted by molar-refractivity contribution is 7.92. The Hall–Kier alpha value is -2.97. The maximum atomic E-state index is 13.4. The summed E-state index contributed by atoms with van der Waals surface area (Å²) in [6.45, 7) is 9.46. The molecule has 5 rings (SSSR count). The Balaban J connectivity index is 1.70. The summed E-state index contributed by atoms with van der Waals surface area (Å²) < 4.78 is 36.1. The van der Waals surface area contributed by atoms with Gasteiger partial charge in [0.15, 0.2) is 0 Å². The van der Waals surface area contributed by atoms with E-state index in [0.29, 0.717) is 17.5 Å². The maximum absolute atomic E-state index is 13.4. The molecule has 0 aliphatic carbocycles. The van der Waals surface area contributed by atoms with E-state index in [4.69, 9.17) is 4.74 Å². The van der Waals surface area contributed by atoms with Gasteiger partial charge in [-0.25, -0.2) is 18.1 Å². The first-order chi connectivity index (χ1) is 17.6. The number of likely N-dealkylation sites (tertiary alicyclic amines) is 1. The minimum absolute atomic E-state index is 0.0139. The third-order valence-corrected chi connectivity index (χ3v) is 8.96. The molecule has 2 aliphatic heterocycles. The van der Waals surface area contributed by atoms with Gasteiger partial charge in [0.1, 0.15) is 6.10 Å². The van der Waals surface area contributed by atoms with Crippen LogP contribution in [0.4, 0.5) is 5.95 Å². The van der Waals surface area contributed by atoms with E-state index >= 15 is 0 Å². The van der Waals surface area contributed by atoms with Gasteiger partial charge in [0.25, 0.3) is 10.0 Å². The predicted molar refractivity (Wildman–Crippen MR) is 146 cm³/mol. The first-order valence-electron chi connectivity index (χ1n) is 13.1. The minimum atomic E-state index is -3.88. The molecule has 0 amide bonds. The molecule has 0 radical (unpaired) electrons. The third-order valence-electron chi connectivity index (χ3n) is 7.63. The van der Waals surface area contributed by atoms with Crippen molar-refractivity contribution in [1.82, 2.24) is 14.9 Å². The summed E-state index contributed by atoms with van der Waals surface area (Å²) in [6, 6.07) is 15.4. The van der Waals surface area contributed by atoms with Crippen LogP contribution in [0.15, 0.2) is 53.4 Å². The summed E-state index contributed by atoms with van der Waals surface area (Å²) in [4.78, 5) is 11.8. The summed E-state index contributed by atoms with van der Waals surface area (Å²) >= 11 is 0. The van der Waals surface area contributed by atoms with Crippen molar-refractivity contribution in [3.05, 3.63) is 65.2 Å². The highest BCUT2D eigenvalue weighted by atomic mass is 32.2. The number of rotatable bonds is 3. The van der Waals surface area contributed by atoms with Crippen LogP contribution in [0.3, 0.4) is 0 Å². The van der Waals surface area contributed by atoms with Gasteiger partial charge in [-0.1, -0.05) is 44.2 Å². The van der Waals surface area contributed by atoms with Gasteiger partial charge in [0.05, 0.1) is 10.6 Å². The molecule has 6 bridgehead atoms. The number of hydrogen-bond donors (Lipinski definition) is 1. The Bertz CT molecular complexity index is 1390. The van der Waals surface area contributed by atoms with Crippen LogP contribution < -0.4 is 9.46 Å². The average molecular weight is 521 g/mol. The number of anilines is 1. The highest BCUT2D eigenvalue weighted by Crippen LogP contribution is 2.37. The molecule has 37 heavy (non-hydrogen) atoms. The Labute approximate surface area is 220 Å². The zero-order valence-electron chi connectivity index (χ0n) is 22.2. The molecular weight excluding hydrogens is 484 g/mol. The fourth-order valence-electron chi connectivity index (χ4n) is 5.76. The number of aryl methyl sites for hydroxylation is 2. The SMILES string of the molecule is Cc1cccc(C)c1-c1cc2nc(n1)NS(=O)(=O)c1cccc(c1)C1CCN(C)[C@H](CC(C)C)[C@H](C1)O2. The van der Waals surface area contributed by atoms with Crippen molar-refractivity contribution in [2.45, 2.75) is 69.9 Å². The molecule has 3 atom stereocenters. The van der Waals surface area contributed by atoms with Crippen LogP contribution in [-0.4, -0.2) is 49.0 Å². The van der Waals surface area contributed by atoms with Gasteiger partial charge < -0.3 is 4.74 Å². The number of fused-ring (bicyclic) bond motifs is 7. The molecule has 2 aromatic carbocycles. The third kappa shape index (κ3) is 5.36. The quantitative estimate of drug-likeness (QED) is 0.488. The first kappa shape index (κ1) is 25.7. The normalized spacial score (nSPS) is 23.2. The van der Waals surface area contributed by atoms with Crippen LogP contribution in [-0.2, 0) is 10.0 Å². The lowest BCUT2D eigenvalue weighted by atomic mass is 9.88. The maximum Gasteiger partial charge on any atom is 0.264 e. The van der Waals surface area contributed by atoms with E-state index < -0.39 is 10.0 Å². The van der Waals surface area contributed by atoms with Gasteiger partial charge in [0, 0.05) is 17.7 Å². The van der Waals surface area contributed by atoms with Crippen molar-refractivity contribution in [3.8, 4) is 17.1 Å². The lowest BCUT2D eigenvalue weighted by Crippen LogP contribution is -2.44. The molecule has 3 heterocycles. The molecule has 1 fully saturated rings. The van der Waals surface area contributed by atoms with Gasteiger partial charge in [-0.15, -0.1) is 0 Å². The molecular formula is C29H36N4O3S. The van der Waals surface area contributed by atoms with Gasteiger partial charge in [-0.2, -0.15) is 4.98 Å². The van der Waals surface area contributed by atoms with Crippen molar-refractivity contribution in [2.75, 3.05) is 18.3 Å². The van der Waals surface area contributed by atoms with Crippen LogP contribution in [0, 0.1) is 19.8 Å². The summed E-state index contributed by atoms with van der Waals surface area (Å²) in [6.07, 6.45) is 2.62. The predicted octanol–water partition coefficient (Wildman–Crippen LogP) is 5.55. The molecule has 1 N–H and O–H groups in total. The van der Waals surface area contributed by atoms with Crippen LogP contribution in [0.25, 0.3) is 11.3 Å². The standard InChI is InChI=1S/C29H36N4O3S/c1-18(2)14-25-26-16-22(12-13-33(25)5)21-10-7-11-23(15-21)37(34,35)32-29-30-24(17-27(31-29)36-26)28-19(3)8-6-9-20(28)4/h6-11,15,17-18,22,25-26H,12-14,16H2,1-5H3,(H,30,31,32)/t22?,25-,26+/m1/s1. The van der Waals surface area contributed by atoms with E-state index in [0.717, 1.165) is 48.1 Å². The molecule has 3 aromatic rings. The molecule has 196 valence electrons. The topological polar surface area (TPSA) is 84.4 Å². The van der Waals surface area contributed by atoms with Crippen LogP contribution >= 0.6 is 0 Å². The van der Waals surface area contributed by atoms with E-state index in [9.17, 15) is 8.42 Å². The van der Waals surface area contributed by atoms with Gasteiger partial charge in [0.2, 0.25) is 11.8 Å². The van der Waals surface area contributed by atoms with E-state index in [-0.39, 0.29) is 28.9 Å². The summed E-state index contributed by atoms with van der Waals surface area (Å²) in [7, 11) is -1.71. The highest BCUT2D eigenvalue weighted by Gasteiger charge is 2.35. The van der Waals surface area contributed by atoms with E-state index in [1.54, 1.807) is 12.1 Å². The molecule has 2 aliphatic rings. The lowest BCUT2D eigenvalue weighted by molar-refractivity contribution is 0.0728. The zero-order chi connectivity index (χ0) is 26.3. The van der Waals surface area contributed by atoms with Crippen molar-refractivity contribution in [3.63, 3.8) is 0 Å². The summed E-state index contributed by atoms with van der Waals surface area (Å²) in [5.74, 6) is 1.09. The molecule has 8 heteroatoms. The number of ether oxygens (including phenoxy) is 1. The number of aromatic nitrogens is 2. The number of benzene rings is 2. The summed E-state index contributed by atoms with van der Waals surface area (Å²) in [5, 5.41) is 0. The molecule has 0 spiro atoms. The molecule has 1 unspecified atom stereocenters. The number of nitrogens with zero attached hydrogens (tertiary/aromatic N) is 3. The van der Waals surface area contributed by atoms with E-state index in [1.165, 1.54) is 0 Å². The molecule has 1 saturated heterocycles. The van der Waals surface area contributed by atoms with Gasteiger partial charge in [-0.05, 0) is 87.4 Å². The van der Waals surface area contributed by atoms with Crippen molar-refractivity contribution in [2.24, 2.45) is 5.92 Å². The van der Waals surface area contributed by atoms with E-state index in [2.05, 4.69) is 40.5 Å². The molecule has 7 nitrogen and oxygen atoms in total. The first-order valence-corrected chi connectivity index (χ1v) is 14.5. The monoisotopic (exact) mass is 520 g/mol. The summed E-state index contributed by atoms with van der Waals surface area (Å²) in [5.41, 5.74) is 4.73. The number of nitrogens with one attached hydrogen (secondary N) is 1. The van der Waals surface area contributed by atoms with Crippen LogP contribution in [0.1, 0.15) is 55.7 Å². The smallest absolute Gasteiger partial charge is 0.264 e. The zero-order valence-corrected chi connectivity index (χ0v) is 23.0. The van der Waals surface area contributed by atoms with Crippen LogP contribution in [0.2, 0.25) is 0 Å². The Morgan fingerprint density at radius 3 is 2.54 bits per heavy atom. The second-order valence-electron chi connectivity index (χ2n) is 10.9. The fourth-order valence-corrected chi connectivity index (χ4v) is 6.75. The van der Waals surface area contributed by atoms with Crippen LogP contribution in [0.5, 0.6) is 5.88 Å². The Morgan fingerprint density at radius 1 is 1.08 bits per heavy atom. The number of likely N-dealkylation sites (N-methyl/N-ethyl adjacent to an activating group) is 1. The molecule has 1 aromatic heterocycles. The van der Waals surface area contributed by atoms with Crippen molar-refractivity contribution >= 4 is 16.0 Å². The number of sulfonamides is 1. The van der Waals surface area contributed by atoms with Gasteiger partial charge >= 0.3 is 0 Å². The Morgan fingerprint density at radius 2 is 1.81 bits per heavy atom. The second kappa shape index (κ2) is 10.1. The fraction of sp³-hybridized carbons (Fsp3) is 0.448.